The lowest BCUT2D eigenvalue weighted by Gasteiger charge is -2.25. The standard InChI is InChI=1S/C13H9N/c1-13-10-5-11(13)12(13)9-4-7(6-14)2-3-8(9)10/h2-5,10,12H,1H3. The minimum Gasteiger partial charge on any atom is -0.192 e. The number of nitriles is 1. The molecule has 3 aliphatic rings. The van der Waals surface area contributed by atoms with Gasteiger partial charge in [-0.15, -0.1) is 0 Å². The van der Waals surface area contributed by atoms with Gasteiger partial charge in [0.05, 0.1) is 11.6 Å². The normalized spacial score (nSPS) is 39.0. The molecule has 0 radical (unpaired) electrons. The predicted octanol–water partition coefficient (Wildman–Crippen LogP) is 2.70. The molecule has 1 nitrogen and oxygen atoms in total. The highest BCUT2D eigenvalue weighted by atomic mass is 14.7. The van der Waals surface area contributed by atoms with Gasteiger partial charge in [0.1, 0.15) is 0 Å². The first kappa shape index (κ1) is 6.84. The van der Waals surface area contributed by atoms with Gasteiger partial charge in [0, 0.05) is 17.3 Å². The van der Waals surface area contributed by atoms with Crippen molar-refractivity contribution in [3.8, 4) is 6.07 Å². The fourth-order valence-corrected chi connectivity index (χ4v) is 3.46. The summed E-state index contributed by atoms with van der Waals surface area (Å²) in [5, 5.41) is 8.85. The van der Waals surface area contributed by atoms with Crippen LogP contribution in [0.1, 0.15) is 35.4 Å². The average molecular weight is 179 g/mol. The van der Waals surface area contributed by atoms with Gasteiger partial charge in [0.15, 0.2) is 0 Å². The molecular weight excluding hydrogens is 170 g/mol. The number of allylic oxidation sites excluding steroid dienone is 2. The topological polar surface area (TPSA) is 23.8 Å². The second-order valence-electron chi connectivity index (χ2n) is 4.77. The molecule has 0 spiro atoms. The lowest BCUT2D eigenvalue weighted by molar-refractivity contribution is 0.511. The zero-order valence-corrected chi connectivity index (χ0v) is 7.91. The van der Waals surface area contributed by atoms with E-state index in [1.165, 1.54) is 11.1 Å². The molecule has 0 saturated heterocycles. The Bertz CT molecular complexity index is 547. The van der Waals surface area contributed by atoms with Gasteiger partial charge in [-0.2, -0.15) is 5.26 Å². The predicted molar refractivity (Wildman–Crippen MR) is 52.8 cm³/mol. The van der Waals surface area contributed by atoms with Crippen LogP contribution in [0.2, 0.25) is 0 Å². The molecule has 0 aromatic heterocycles. The van der Waals surface area contributed by atoms with E-state index in [1.807, 2.05) is 6.07 Å². The maximum absolute atomic E-state index is 8.85. The SMILES string of the molecule is CC12C3=CC1c1ccc(C#N)cc1C32. The van der Waals surface area contributed by atoms with E-state index < -0.39 is 0 Å². The van der Waals surface area contributed by atoms with Crippen LogP contribution in [0.3, 0.4) is 0 Å². The second kappa shape index (κ2) is 1.66. The molecule has 0 amide bonds. The number of hydrogen-bond donors (Lipinski definition) is 0. The Morgan fingerprint density at radius 3 is 3.00 bits per heavy atom. The Morgan fingerprint density at radius 2 is 2.21 bits per heavy atom. The molecule has 3 unspecified atom stereocenters. The molecular formula is C13H9N. The smallest absolute Gasteiger partial charge is 0.0991 e. The van der Waals surface area contributed by atoms with Crippen LogP contribution in [0.4, 0.5) is 0 Å². The summed E-state index contributed by atoms with van der Waals surface area (Å²) in [6.07, 6.45) is 2.40. The molecule has 0 N–H and O–H groups in total. The van der Waals surface area contributed by atoms with Crippen molar-refractivity contribution in [3.05, 3.63) is 46.5 Å². The molecule has 0 bridgehead atoms. The van der Waals surface area contributed by atoms with Crippen molar-refractivity contribution in [2.75, 3.05) is 0 Å². The molecule has 3 aliphatic carbocycles. The van der Waals surface area contributed by atoms with Crippen molar-refractivity contribution in [1.29, 1.82) is 5.26 Å². The number of rotatable bonds is 0. The molecule has 1 heteroatoms. The minimum atomic E-state index is 0.469. The summed E-state index contributed by atoms with van der Waals surface area (Å²) in [5.74, 6) is 1.32. The Kier molecular flexibility index (Phi) is 0.810. The highest BCUT2D eigenvalue weighted by Crippen LogP contribution is 2.83. The molecule has 66 valence electrons. The largest absolute Gasteiger partial charge is 0.192 e. The molecule has 1 fully saturated rings. The maximum Gasteiger partial charge on any atom is 0.0991 e. The van der Waals surface area contributed by atoms with E-state index in [9.17, 15) is 0 Å². The van der Waals surface area contributed by atoms with Crippen LogP contribution in [-0.4, -0.2) is 0 Å². The summed E-state index contributed by atoms with van der Waals surface area (Å²) in [5.41, 5.74) is 5.78. The van der Waals surface area contributed by atoms with Crippen molar-refractivity contribution < 1.29 is 0 Å². The molecule has 4 rings (SSSR count). The van der Waals surface area contributed by atoms with Gasteiger partial charge < -0.3 is 0 Å². The van der Waals surface area contributed by atoms with Gasteiger partial charge in [-0.3, -0.25) is 0 Å². The first-order valence-corrected chi connectivity index (χ1v) is 5.03. The van der Waals surface area contributed by atoms with Crippen molar-refractivity contribution in [2.45, 2.75) is 18.8 Å². The molecule has 0 heterocycles. The van der Waals surface area contributed by atoms with Gasteiger partial charge in [0.25, 0.3) is 0 Å². The van der Waals surface area contributed by atoms with Gasteiger partial charge in [-0.25, -0.2) is 0 Å². The van der Waals surface area contributed by atoms with E-state index in [0.717, 1.165) is 5.56 Å². The van der Waals surface area contributed by atoms with Crippen LogP contribution in [0.15, 0.2) is 29.8 Å². The molecule has 3 atom stereocenters. The van der Waals surface area contributed by atoms with Gasteiger partial charge in [0.2, 0.25) is 0 Å². The van der Waals surface area contributed by atoms with E-state index in [4.69, 9.17) is 5.26 Å². The van der Waals surface area contributed by atoms with E-state index in [0.29, 0.717) is 17.3 Å². The average Bonchev–Trinajstić information content (AvgIpc) is 2.61. The fraction of sp³-hybridized carbons (Fsp3) is 0.308. The second-order valence-corrected chi connectivity index (χ2v) is 4.77. The summed E-state index contributed by atoms with van der Waals surface area (Å²) in [6.45, 7) is 2.35. The molecule has 14 heavy (non-hydrogen) atoms. The van der Waals surface area contributed by atoms with Gasteiger partial charge >= 0.3 is 0 Å². The van der Waals surface area contributed by atoms with Crippen LogP contribution in [-0.2, 0) is 0 Å². The Balaban J connectivity index is 1.99. The number of nitrogens with zero attached hydrogens (tertiary/aromatic N) is 1. The Hall–Kier alpha value is -1.55. The van der Waals surface area contributed by atoms with E-state index in [2.05, 4.69) is 31.2 Å². The molecule has 1 aromatic rings. The summed E-state index contributed by atoms with van der Waals surface area (Å²) in [7, 11) is 0. The van der Waals surface area contributed by atoms with Crippen molar-refractivity contribution >= 4 is 0 Å². The molecule has 1 saturated carbocycles. The molecule has 1 aromatic carbocycles. The third-order valence-corrected chi connectivity index (χ3v) is 4.30. The maximum atomic E-state index is 8.85. The molecule has 0 aliphatic heterocycles. The minimum absolute atomic E-state index is 0.469. The summed E-state index contributed by atoms with van der Waals surface area (Å²) in [4.78, 5) is 0. The third kappa shape index (κ3) is 0.452. The van der Waals surface area contributed by atoms with Gasteiger partial charge in [-0.1, -0.05) is 24.6 Å². The first-order valence-electron chi connectivity index (χ1n) is 5.03. The summed E-state index contributed by atoms with van der Waals surface area (Å²) >= 11 is 0. The summed E-state index contributed by atoms with van der Waals surface area (Å²) < 4.78 is 0. The van der Waals surface area contributed by atoms with Crippen LogP contribution < -0.4 is 0 Å². The van der Waals surface area contributed by atoms with Crippen LogP contribution in [0.5, 0.6) is 0 Å². The lowest BCUT2D eigenvalue weighted by Crippen LogP contribution is -2.12. The fourth-order valence-electron chi connectivity index (χ4n) is 3.46. The van der Waals surface area contributed by atoms with Crippen molar-refractivity contribution in [1.82, 2.24) is 0 Å². The highest BCUT2D eigenvalue weighted by Gasteiger charge is 2.71. The van der Waals surface area contributed by atoms with Crippen molar-refractivity contribution in [3.63, 3.8) is 0 Å². The first-order chi connectivity index (χ1) is 6.76. The van der Waals surface area contributed by atoms with E-state index in [-0.39, 0.29) is 0 Å². The Morgan fingerprint density at radius 1 is 1.36 bits per heavy atom. The monoisotopic (exact) mass is 179 g/mol. The quantitative estimate of drug-likeness (QED) is 0.562. The number of fused-ring (bicyclic) bond motifs is 4. The summed E-state index contributed by atoms with van der Waals surface area (Å²) in [6, 6.07) is 8.39. The third-order valence-electron chi connectivity index (χ3n) is 4.30. The Labute approximate surface area is 82.7 Å². The van der Waals surface area contributed by atoms with Crippen LogP contribution >= 0.6 is 0 Å². The number of hydrogen-bond acceptors (Lipinski definition) is 1. The highest BCUT2D eigenvalue weighted by molar-refractivity contribution is 5.72. The van der Waals surface area contributed by atoms with Crippen LogP contribution in [0, 0.1) is 16.7 Å². The van der Waals surface area contributed by atoms with Crippen molar-refractivity contribution in [2.24, 2.45) is 5.41 Å². The zero-order valence-electron chi connectivity index (χ0n) is 7.91. The van der Waals surface area contributed by atoms with E-state index >= 15 is 0 Å². The lowest BCUT2D eigenvalue weighted by atomic mass is 9.79. The number of benzene rings is 1. The van der Waals surface area contributed by atoms with Gasteiger partial charge in [-0.05, 0) is 23.3 Å². The zero-order chi connectivity index (χ0) is 9.50. The van der Waals surface area contributed by atoms with E-state index in [1.54, 1.807) is 5.57 Å². The van der Waals surface area contributed by atoms with Crippen LogP contribution in [0.25, 0.3) is 0 Å².